The highest BCUT2D eigenvalue weighted by Crippen LogP contribution is 2.52. The third-order valence-electron chi connectivity index (χ3n) is 4.83. The zero-order valence-electron chi connectivity index (χ0n) is 10.9. The smallest absolute Gasteiger partial charge is 0.0384 e. The fourth-order valence-electron chi connectivity index (χ4n) is 3.97. The Bertz CT molecular complexity index is 429. The summed E-state index contributed by atoms with van der Waals surface area (Å²) in [5.74, 6) is 2.89. The standard InChI is InChI=1S/C16H22Si/c1-2-15(12-5-7-14(17)8-6-12)16-10-11-3-4-13(16)9-11/h2,5-8,11,13,16H,3-4,9-10H2,1,17H3/b15-2+. The predicted molar refractivity (Wildman–Crippen MR) is 78.6 cm³/mol. The molecule has 0 aliphatic heterocycles. The van der Waals surface area contributed by atoms with Crippen LogP contribution in [0.3, 0.4) is 0 Å². The van der Waals surface area contributed by atoms with Gasteiger partial charge in [-0.2, -0.15) is 0 Å². The summed E-state index contributed by atoms with van der Waals surface area (Å²) in [6, 6.07) is 9.28. The van der Waals surface area contributed by atoms with E-state index in [0.717, 1.165) is 28.0 Å². The molecule has 3 unspecified atom stereocenters. The van der Waals surface area contributed by atoms with Gasteiger partial charge in [-0.15, -0.1) is 0 Å². The Balaban J connectivity index is 1.87. The minimum absolute atomic E-state index is 0.860. The van der Waals surface area contributed by atoms with Gasteiger partial charge in [-0.3, -0.25) is 0 Å². The van der Waals surface area contributed by atoms with Gasteiger partial charge in [0.1, 0.15) is 0 Å². The maximum absolute atomic E-state index is 2.37. The zero-order chi connectivity index (χ0) is 11.8. The SMILES string of the molecule is C/C=C(\c1ccc([SiH3])cc1)C1CC2CCC1C2. The van der Waals surface area contributed by atoms with Crippen LogP contribution in [0.5, 0.6) is 0 Å². The van der Waals surface area contributed by atoms with Crippen LogP contribution < -0.4 is 5.19 Å². The molecule has 0 saturated heterocycles. The summed E-state index contributed by atoms with van der Waals surface area (Å²) in [4.78, 5) is 0. The first kappa shape index (κ1) is 11.3. The molecule has 3 rings (SSSR count). The highest BCUT2D eigenvalue weighted by Gasteiger charge is 2.40. The first-order valence-electron chi connectivity index (χ1n) is 7.01. The molecule has 3 atom stereocenters. The van der Waals surface area contributed by atoms with Gasteiger partial charge >= 0.3 is 0 Å². The Morgan fingerprint density at radius 1 is 1.18 bits per heavy atom. The lowest BCUT2D eigenvalue weighted by Crippen LogP contribution is -2.13. The molecule has 0 nitrogen and oxygen atoms in total. The van der Waals surface area contributed by atoms with Gasteiger partial charge in [-0.05, 0) is 55.1 Å². The number of benzene rings is 1. The van der Waals surface area contributed by atoms with E-state index in [9.17, 15) is 0 Å². The third-order valence-corrected chi connectivity index (χ3v) is 5.50. The van der Waals surface area contributed by atoms with Gasteiger partial charge in [0.25, 0.3) is 0 Å². The van der Waals surface area contributed by atoms with Gasteiger partial charge < -0.3 is 0 Å². The Hall–Kier alpha value is -0.823. The van der Waals surface area contributed by atoms with E-state index in [0.29, 0.717) is 0 Å². The van der Waals surface area contributed by atoms with Crippen molar-refractivity contribution >= 4 is 21.0 Å². The molecule has 90 valence electrons. The van der Waals surface area contributed by atoms with Crippen molar-refractivity contribution in [3.8, 4) is 0 Å². The molecule has 2 aliphatic carbocycles. The van der Waals surface area contributed by atoms with Crippen molar-refractivity contribution in [1.29, 1.82) is 0 Å². The molecule has 1 aromatic carbocycles. The van der Waals surface area contributed by atoms with E-state index < -0.39 is 0 Å². The molecule has 0 N–H and O–H groups in total. The average molecular weight is 242 g/mol. The number of rotatable bonds is 2. The first-order chi connectivity index (χ1) is 8.28. The second kappa shape index (κ2) is 4.45. The summed E-state index contributed by atoms with van der Waals surface area (Å²) in [5.41, 5.74) is 3.10. The molecule has 2 bridgehead atoms. The van der Waals surface area contributed by atoms with E-state index in [-0.39, 0.29) is 0 Å². The van der Waals surface area contributed by atoms with Gasteiger partial charge in [0.05, 0.1) is 0 Å². The van der Waals surface area contributed by atoms with Crippen molar-refractivity contribution in [3.05, 3.63) is 35.9 Å². The minimum atomic E-state index is 0.860. The fraction of sp³-hybridized carbons (Fsp3) is 0.500. The van der Waals surface area contributed by atoms with E-state index in [1.54, 1.807) is 5.57 Å². The van der Waals surface area contributed by atoms with Crippen molar-refractivity contribution in [1.82, 2.24) is 0 Å². The maximum Gasteiger partial charge on any atom is 0.0384 e. The van der Waals surface area contributed by atoms with Crippen LogP contribution in [0, 0.1) is 17.8 Å². The molecule has 1 heteroatoms. The van der Waals surface area contributed by atoms with Crippen LogP contribution in [-0.4, -0.2) is 10.2 Å². The molecule has 2 fully saturated rings. The molecular weight excluding hydrogens is 220 g/mol. The van der Waals surface area contributed by atoms with E-state index in [1.165, 1.54) is 36.4 Å². The molecule has 0 heterocycles. The Morgan fingerprint density at radius 2 is 1.94 bits per heavy atom. The molecular formula is C16H22Si. The molecule has 0 amide bonds. The topological polar surface area (TPSA) is 0 Å². The van der Waals surface area contributed by atoms with Gasteiger partial charge in [0.2, 0.25) is 0 Å². The van der Waals surface area contributed by atoms with Crippen LogP contribution in [0.1, 0.15) is 38.2 Å². The molecule has 2 aliphatic rings. The van der Waals surface area contributed by atoms with Gasteiger partial charge in [-0.25, -0.2) is 0 Å². The summed E-state index contributed by atoms with van der Waals surface area (Å²) in [6.45, 7) is 2.22. The second-order valence-corrected chi connectivity index (χ2v) is 7.05. The summed E-state index contributed by atoms with van der Waals surface area (Å²) in [6.07, 6.45) is 8.30. The van der Waals surface area contributed by atoms with E-state index >= 15 is 0 Å². The van der Waals surface area contributed by atoms with E-state index in [2.05, 4.69) is 37.3 Å². The number of fused-ring (bicyclic) bond motifs is 2. The Labute approximate surface area is 108 Å². The minimum Gasteiger partial charge on any atom is -0.0835 e. The maximum atomic E-state index is 2.37. The van der Waals surface area contributed by atoms with E-state index in [1.807, 2.05) is 0 Å². The molecule has 0 spiro atoms. The molecule has 0 radical (unpaired) electrons. The summed E-state index contributed by atoms with van der Waals surface area (Å²) >= 11 is 0. The van der Waals surface area contributed by atoms with Crippen molar-refractivity contribution in [2.45, 2.75) is 32.6 Å². The number of hydrogen-bond donors (Lipinski definition) is 0. The van der Waals surface area contributed by atoms with Gasteiger partial charge in [-0.1, -0.05) is 41.9 Å². The lowest BCUT2D eigenvalue weighted by atomic mass is 9.80. The molecule has 1 aromatic rings. The molecule has 17 heavy (non-hydrogen) atoms. The summed E-state index contributed by atoms with van der Waals surface area (Å²) in [7, 11) is 1.16. The van der Waals surface area contributed by atoms with Crippen LogP contribution in [-0.2, 0) is 0 Å². The van der Waals surface area contributed by atoms with Gasteiger partial charge in [0.15, 0.2) is 0 Å². The predicted octanol–water partition coefficient (Wildman–Crippen LogP) is 2.52. The first-order valence-corrected chi connectivity index (χ1v) is 8.01. The van der Waals surface area contributed by atoms with Crippen molar-refractivity contribution in [3.63, 3.8) is 0 Å². The van der Waals surface area contributed by atoms with Gasteiger partial charge in [0, 0.05) is 10.2 Å². The van der Waals surface area contributed by atoms with Crippen LogP contribution in [0.25, 0.3) is 5.57 Å². The summed E-state index contributed by atoms with van der Waals surface area (Å²) < 4.78 is 0. The largest absolute Gasteiger partial charge is 0.0835 e. The summed E-state index contributed by atoms with van der Waals surface area (Å²) in [5, 5.41) is 1.50. The van der Waals surface area contributed by atoms with Crippen LogP contribution in [0.15, 0.2) is 30.3 Å². The highest BCUT2D eigenvalue weighted by atomic mass is 28.1. The lowest BCUT2D eigenvalue weighted by Gasteiger charge is -2.25. The molecule has 2 saturated carbocycles. The lowest BCUT2D eigenvalue weighted by molar-refractivity contribution is 0.405. The normalized spacial score (nSPS) is 32.3. The van der Waals surface area contributed by atoms with E-state index in [4.69, 9.17) is 0 Å². The monoisotopic (exact) mass is 242 g/mol. The van der Waals surface area contributed by atoms with Crippen molar-refractivity contribution in [2.24, 2.45) is 17.8 Å². The zero-order valence-corrected chi connectivity index (χ0v) is 12.9. The quantitative estimate of drug-likeness (QED) is 0.699. The fourth-order valence-corrected chi connectivity index (χ4v) is 4.30. The highest BCUT2D eigenvalue weighted by molar-refractivity contribution is 6.32. The molecule has 0 aromatic heterocycles. The average Bonchev–Trinajstić information content (AvgIpc) is 2.95. The van der Waals surface area contributed by atoms with Crippen molar-refractivity contribution < 1.29 is 0 Å². The van der Waals surface area contributed by atoms with Crippen molar-refractivity contribution in [2.75, 3.05) is 0 Å². The van der Waals surface area contributed by atoms with Crippen LogP contribution in [0.2, 0.25) is 0 Å². The second-order valence-electron chi connectivity index (χ2n) is 5.89. The van der Waals surface area contributed by atoms with Crippen LogP contribution in [0.4, 0.5) is 0 Å². The van der Waals surface area contributed by atoms with Crippen LogP contribution >= 0.6 is 0 Å². The number of allylic oxidation sites excluding steroid dienone is 2. The third kappa shape index (κ3) is 2.01. The Morgan fingerprint density at radius 3 is 2.47 bits per heavy atom. The Kier molecular flexibility index (Phi) is 2.95. The number of hydrogen-bond acceptors (Lipinski definition) is 0.